The summed E-state index contributed by atoms with van der Waals surface area (Å²) in [5.41, 5.74) is 1.13. The number of ketones is 1. The van der Waals surface area contributed by atoms with Crippen molar-refractivity contribution in [3.8, 4) is 5.75 Å². The standard InChI is InChI=1S/C21H22N2O5/c1-13(2)20(26)22-14-7-6-8-15(11-14)23-21(27)18(25)12-17(24)16-9-4-5-10-19(16)28-3/h4-13,24H,1-3H3,(H,22,26)(H,23,27). The zero-order chi connectivity index (χ0) is 20.7. The Hall–Kier alpha value is -3.61. The molecule has 0 unspecified atom stereocenters. The summed E-state index contributed by atoms with van der Waals surface area (Å²) in [6.07, 6.45) is 0.831. The number of para-hydroxylation sites is 1. The minimum Gasteiger partial charge on any atom is -0.507 e. The van der Waals surface area contributed by atoms with Gasteiger partial charge in [0.2, 0.25) is 11.7 Å². The van der Waals surface area contributed by atoms with Gasteiger partial charge in [-0.05, 0) is 30.3 Å². The van der Waals surface area contributed by atoms with Gasteiger partial charge in [0.05, 0.1) is 12.7 Å². The molecule has 7 heteroatoms. The Labute approximate surface area is 163 Å². The second-order valence-corrected chi connectivity index (χ2v) is 6.27. The first-order valence-electron chi connectivity index (χ1n) is 8.62. The molecule has 2 aromatic rings. The molecule has 2 aromatic carbocycles. The highest BCUT2D eigenvalue weighted by Gasteiger charge is 2.15. The highest BCUT2D eigenvalue weighted by Crippen LogP contribution is 2.24. The van der Waals surface area contributed by atoms with Crippen molar-refractivity contribution in [3.05, 3.63) is 60.2 Å². The number of ether oxygens (including phenoxy) is 1. The zero-order valence-electron chi connectivity index (χ0n) is 15.9. The molecule has 0 atom stereocenters. The van der Waals surface area contributed by atoms with E-state index in [0.29, 0.717) is 22.7 Å². The summed E-state index contributed by atoms with van der Waals surface area (Å²) in [6.45, 7) is 3.53. The van der Waals surface area contributed by atoms with Gasteiger partial charge in [-0.1, -0.05) is 32.0 Å². The molecule has 2 rings (SSSR count). The first-order valence-corrected chi connectivity index (χ1v) is 8.62. The Morgan fingerprint density at radius 3 is 2.29 bits per heavy atom. The van der Waals surface area contributed by atoms with Crippen molar-refractivity contribution >= 4 is 34.7 Å². The summed E-state index contributed by atoms with van der Waals surface area (Å²) >= 11 is 0. The van der Waals surface area contributed by atoms with Crippen LogP contribution in [0.1, 0.15) is 19.4 Å². The van der Waals surface area contributed by atoms with E-state index in [1.54, 1.807) is 56.3 Å². The summed E-state index contributed by atoms with van der Waals surface area (Å²) in [7, 11) is 1.44. The van der Waals surface area contributed by atoms with Crippen LogP contribution in [0.15, 0.2) is 54.6 Å². The number of amides is 2. The molecule has 0 fully saturated rings. The minimum absolute atomic E-state index is 0.163. The maximum Gasteiger partial charge on any atom is 0.296 e. The van der Waals surface area contributed by atoms with Gasteiger partial charge in [-0.3, -0.25) is 14.4 Å². The van der Waals surface area contributed by atoms with E-state index in [4.69, 9.17) is 4.74 Å². The second kappa shape index (κ2) is 9.36. The van der Waals surface area contributed by atoms with Crippen LogP contribution in [0.3, 0.4) is 0 Å². The van der Waals surface area contributed by atoms with Crippen molar-refractivity contribution in [1.82, 2.24) is 0 Å². The quantitative estimate of drug-likeness (QED) is 0.387. The topological polar surface area (TPSA) is 105 Å². The molecule has 0 saturated heterocycles. The van der Waals surface area contributed by atoms with Crippen molar-refractivity contribution in [3.63, 3.8) is 0 Å². The van der Waals surface area contributed by atoms with E-state index in [1.807, 2.05) is 0 Å². The maximum absolute atomic E-state index is 12.1. The number of anilines is 2. The Morgan fingerprint density at radius 2 is 1.64 bits per heavy atom. The fourth-order valence-corrected chi connectivity index (χ4v) is 2.28. The number of aliphatic hydroxyl groups excluding tert-OH is 1. The molecule has 0 aliphatic carbocycles. The van der Waals surface area contributed by atoms with Gasteiger partial charge in [0.15, 0.2) is 0 Å². The highest BCUT2D eigenvalue weighted by atomic mass is 16.5. The number of benzene rings is 2. The molecule has 7 nitrogen and oxygen atoms in total. The van der Waals surface area contributed by atoms with Gasteiger partial charge in [0.1, 0.15) is 11.5 Å². The minimum atomic E-state index is -0.931. The number of hydrogen-bond acceptors (Lipinski definition) is 5. The van der Waals surface area contributed by atoms with Gasteiger partial charge in [-0.25, -0.2) is 0 Å². The number of carbonyl (C=O) groups is 3. The molecule has 0 bridgehead atoms. The Bertz CT molecular complexity index is 919. The Kier molecular flexibility index (Phi) is 6.92. The lowest BCUT2D eigenvalue weighted by molar-refractivity contribution is -0.131. The fourth-order valence-electron chi connectivity index (χ4n) is 2.28. The van der Waals surface area contributed by atoms with Gasteiger partial charge in [-0.2, -0.15) is 0 Å². The van der Waals surface area contributed by atoms with Crippen molar-refractivity contribution in [2.75, 3.05) is 17.7 Å². The molecule has 0 radical (unpaired) electrons. The lowest BCUT2D eigenvalue weighted by atomic mass is 10.1. The Balaban J connectivity index is 2.10. The predicted molar refractivity (Wildman–Crippen MR) is 107 cm³/mol. The number of aliphatic hydroxyl groups is 1. The van der Waals surface area contributed by atoms with Gasteiger partial charge < -0.3 is 20.5 Å². The van der Waals surface area contributed by atoms with Crippen molar-refractivity contribution < 1.29 is 24.2 Å². The predicted octanol–water partition coefficient (Wildman–Crippen LogP) is 3.40. The summed E-state index contributed by atoms with van der Waals surface area (Å²) in [6, 6.07) is 13.0. The monoisotopic (exact) mass is 382 g/mol. The second-order valence-electron chi connectivity index (χ2n) is 6.27. The molecule has 3 N–H and O–H groups in total. The number of nitrogens with one attached hydrogen (secondary N) is 2. The molecular weight excluding hydrogens is 360 g/mol. The maximum atomic E-state index is 12.1. The molecule has 2 amide bonds. The first-order chi connectivity index (χ1) is 13.3. The summed E-state index contributed by atoms with van der Waals surface area (Å²) in [4.78, 5) is 36.0. The van der Waals surface area contributed by atoms with Crippen LogP contribution in [0.2, 0.25) is 0 Å². The van der Waals surface area contributed by atoms with Gasteiger partial charge in [0, 0.05) is 23.4 Å². The van der Waals surface area contributed by atoms with E-state index in [1.165, 1.54) is 13.2 Å². The van der Waals surface area contributed by atoms with E-state index >= 15 is 0 Å². The third kappa shape index (κ3) is 5.44. The van der Waals surface area contributed by atoms with Gasteiger partial charge in [-0.15, -0.1) is 0 Å². The van der Waals surface area contributed by atoms with E-state index in [0.717, 1.165) is 6.08 Å². The van der Waals surface area contributed by atoms with Crippen LogP contribution in [0, 0.1) is 5.92 Å². The van der Waals surface area contributed by atoms with Crippen LogP contribution in [0.5, 0.6) is 5.75 Å². The van der Waals surface area contributed by atoms with Crippen molar-refractivity contribution in [2.24, 2.45) is 5.92 Å². The number of rotatable bonds is 7. The summed E-state index contributed by atoms with van der Waals surface area (Å²) < 4.78 is 5.12. The lowest BCUT2D eigenvalue weighted by Crippen LogP contribution is -2.21. The van der Waals surface area contributed by atoms with Crippen LogP contribution in [0.25, 0.3) is 5.76 Å². The van der Waals surface area contributed by atoms with E-state index in [2.05, 4.69) is 10.6 Å². The number of hydrogen-bond donors (Lipinski definition) is 3. The fraction of sp³-hybridized carbons (Fsp3) is 0.190. The average Bonchev–Trinajstić information content (AvgIpc) is 2.67. The summed E-state index contributed by atoms with van der Waals surface area (Å²) in [5, 5.41) is 15.3. The lowest BCUT2D eigenvalue weighted by Gasteiger charge is -2.10. The van der Waals surface area contributed by atoms with Crippen LogP contribution in [-0.4, -0.2) is 29.8 Å². The smallest absolute Gasteiger partial charge is 0.296 e. The third-order valence-corrected chi connectivity index (χ3v) is 3.79. The SMILES string of the molecule is COc1ccccc1C(O)=CC(=O)C(=O)Nc1cccc(NC(=O)C(C)C)c1. The largest absolute Gasteiger partial charge is 0.507 e. The molecule has 0 aromatic heterocycles. The number of carbonyl (C=O) groups excluding carboxylic acids is 3. The molecule has 0 heterocycles. The van der Waals surface area contributed by atoms with Crippen molar-refractivity contribution in [1.29, 1.82) is 0 Å². The molecule has 28 heavy (non-hydrogen) atoms. The zero-order valence-corrected chi connectivity index (χ0v) is 15.9. The molecule has 0 spiro atoms. The van der Waals surface area contributed by atoms with Gasteiger partial charge in [0.25, 0.3) is 5.91 Å². The van der Waals surface area contributed by atoms with Gasteiger partial charge >= 0.3 is 0 Å². The molecule has 0 saturated carbocycles. The number of methoxy groups -OCH3 is 1. The molecule has 0 aliphatic heterocycles. The van der Waals surface area contributed by atoms with Crippen LogP contribution in [0.4, 0.5) is 11.4 Å². The third-order valence-electron chi connectivity index (χ3n) is 3.79. The molecular formula is C21H22N2O5. The normalized spacial score (nSPS) is 11.1. The van der Waals surface area contributed by atoms with E-state index in [9.17, 15) is 19.5 Å². The van der Waals surface area contributed by atoms with Crippen molar-refractivity contribution in [2.45, 2.75) is 13.8 Å². The molecule has 146 valence electrons. The first kappa shape index (κ1) is 20.7. The Morgan fingerprint density at radius 1 is 1.00 bits per heavy atom. The summed E-state index contributed by atoms with van der Waals surface area (Å²) in [5.74, 6) is -2.21. The van der Waals surface area contributed by atoms with E-state index in [-0.39, 0.29) is 17.6 Å². The average molecular weight is 382 g/mol. The highest BCUT2D eigenvalue weighted by molar-refractivity contribution is 6.45. The van der Waals surface area contributed by atoms with Crippen LogP contribution < -0.4 is 15.4 Å². The van der Waals surface area contributed by atoms with Crippen LogP contribution in [-0.2, 0) is 14.4 Å². The molecule has 0 aliphatic rings. The van der Waals surface area contributed by atoms with Crippen LogP contribution >= 0.6 is 0 Å². The van der Waals surface area contributed by atoms with E-state index < -0.39 is 11.7 Å².